The Kier molecular flexibility index (Phi) is 6.40. The Hall–Kier alpha value is -0.780. The lowest BCUT2D eigenvalue weighted by Gasteiger charge is -2.25. The number of carbonyl (C=O) groups excluding carboxylic acids is 1. The molecular weight excluding hydrogens is 221 g/mol. The number of amides is 1. The van der Waals surface area contributed by atoms with Crippen molar-refractivity contribution in [3.63, 3.8) is 0 Å². The molecule has 0 rings (SSSR count). The van der Waals surface area contributed by atoms with Crippen molar-refractivity contribution in [1.82, 2.24) is 4.90 Å². The standard InChI is InChI=1S/C10H19F3N2O/c1-8(2)7-15(5-3-4-14)9(16)6-10(11,12)13/h8H,3-7,14H2,1-2H3. The van der Waals surface area contributed by atoms with E-state index < -0.39 is 18.5 Å². The molecule has 2 N–H and O–H groups in total. The molecule has 0 aliphatic heterocycles. The second-order valence-corrected chi connectivity index (χ2v) is 4.17. The van der Waals surface area contributed by atoms with Crippen molar-refractivity contribution >= 4 is 5.91 Å². The van der Waals surface area contributed by atoms with Crippen LogP contribution in [0.4, 0.5) is 13.2 Å². The highest BCUT2D eigenvalue weighted by Crippen LogP contribution is 2.21. The maximum absolute atomic E-state index is 12.1. The van der Waals surface area contributed by atoms with Gasteiger partial charge in [-0.25, -0.2) is 0 Å². The Morgan fingerprint density at radius 2 is 1.94 bits per heavy atom. The van der Waals surface area contributed by atoms with Gasteiger partial charge in [0.05, 0.1) is 0 Å². The summed E-state index contributed by atoms with van der Waals surface area (Å²) in [6.07, 6.45) is -5.30. The smallest absolute Gasteiger partial charge is 0.342 e. The fourth-order valence-corrected chi connectivity index (χ4v) is 1.32. The van der Waals surface area contributed by atoms with E-state index in [1.165, 1.54) is 4.90 Å². The van der Waals surface area contributed by atoms with Gasteiger partial charge in [0.2, 0.25) is 5.91 Å². The second kappa shape index (κ2) is 6.73. The topological polar surface area (TPSA) is 46.3 Å². The Balaban J connectivity index is 4.31. The zero-order chi connectivity index (χ0) is 12.8. The van der Waals surface area contributed by atoms with E-state index in [0.717, 1.165) is 0 Å². The second-order valence-electron chi connectivity index (χ2n) is 4.17. The van der Waals surface area contributed by atoms with Gasteiger partial charge in [-0.1, -0.05) is 13.8 Å². The minimum absolute atomic E-state index is 0.148. The van der Waals surface area contributed by atoms with Crippen molar-refractivity contribution in [2.45, 2.75) is 32.9 Å². The lowest BCUT2D eigenvalue weighted by atomic mass is 10.2. The first kappa shape index (κ1) is 15.2. The molecular formula is C10H19F3N2O. The molecule has 0 aliphatic rings. The third-order valence-electron chi connectivity index (χ3n) is 1.92. The third-order valence-corrected chi connectivity index (χ3v) is 1.92. The van der Waals surface area contributed by atoms with Gasteiger partial charge in [0.1, 0.15) is 6.42 Å². The molecule has 0 aromatic rings. The zero-order valence-electron chi connectivity index (χ0n) is 9.68. The number of hydrogen-bond acceptors (Lipinski definition) is 2. The van der Waals surface area contributed by atoms with Crippen molar-refractivity contribution in [1.29, 1.82) is 0 Å². The molecule has 0 atom stereocenters. The first-order valence-corrected chi connectivity index (χ1v) is 5.31. The lowest BCUT2D eigenvalue weighted by Crippen LogP contribution is -2.38. The van der Waals surface area contributed by atoms with E-state index in [4.69, 9.17) is 5.73 Å². The van der Waals surface area contributed by atoms with E-state index in [1.807, 2.05) is 13.8 Å². The molecule has 0 saturated carbocycles. The summed E-state index contributed by atoms with van der Waals surface area (Å²) in [6, 6.07) is 0. The van der Waals surface area contributed by atoms with E-state index in [9.17, 15) is 18.0 Å². The molecule has 6 heteroatoms. The van der Waals surface area contributed by atoms with Crippen molar-refractivity contribution in [2.75, 3.05) is 19.6 Å². The van der Waals surface area contributed by atoms with Gasteiger partial charge in [-0.3, -0.25) is 4.79 Å². The maximum atomic E-state index is 12.1. The van der Waals surface area contributed by atoms with Crippen LogP contribution in [0.3, 0.4) is 0 Å². The van der Waals surface area contributed by atoms with Crippen LogP contribution in [-0.4, -0.2) is 36.6 Å². The molecule has 0 aromatic carbocycles. The highest BCUT2D eigenvalue weighted by molar-refractivity contribution is 5.76. The number of alkyl halides is 3. The Morgan fingerprint density at radius 3 is 2.31 bits per heavy atom. The van der Waals surface area contributed by atoms with E-state index in [2.05, 4.69) is 0 Å². The molecule has 0 fully saturated rings. The summed E-state index contributed by atoms with van der Waals surface area (Å²) in [4.78, 5) is 12.6. The van der Waals surface area contributed by atoms with Crippen molar-refractivity contribution in [2.24, 2.45) is 11.7 Å². The van der Waals surface area contributed by atoms with Crippen LogP contribution < -0.4 is 5.73 Å². The Labute approximate surface area is 93.8 Å². The van der Waals surface area contributed by atoms with E-state index >= 15 is 0 Å². The average molecular weight is 240 g/mol. The summed E-state index contributed by atoms with van der Waals surface area (Å²) in [5, 5.41) is 0. The summed E-state index contributed by atoms with van der Waals surface area (Å²) in [5.41, 5.74) is 5.27. The predicted octanol–water partition coefficient (Wildman–Crippen LogP) is 1.77. The summed E-state index contributed by atoms with van der Waals surface area (Å²) in [6.45, 7) is 4.72. The van der Waals surface area contributed by atoms with Crippen molar-refractivity contribution in [3.8, 4) is 0 Å². The number of carbonyl (C=O) groups is 1. The summed E-state index contributed by atoms with van der Waals surface area (Å²) >= 11 is 0. The van der Waals surface area contributed by atoms with Crippen molar-refractivity contribution in [3.05, 3.63) is 0 Å². The molecule has 0 aliphatic carbocycles. The number of halogens is 3. The average Bonchev–Trinajstić information content (AvgIpc) is 2.08. The summed E-state index contributed by atoms with van der Waals surface area (Å²) < 4.78 is 36.2. The van der Waals surface area contributed by atoms with E-state index in [1.54, 1.807) is 0 Å². The number of rotatable bonds is 6. The molecule has 3 nitrogen and oxygen atoms in total. The third kappa shape index (κ3) is 7.50. The summed E-state index contributed by atoms with van der Waals surface area (Å²) in [5.74, 6) is -0.718. The minimum atomic E-state index is -4.44. The quantitative estimate of drug-likeness (QED) is 0.769. The number of nitrogens with zero attached hydrogens (tertiary/aromatic N) is 1. The van der Waals surface area contributed by atoms with Crippen molar-refractivity contribution < 1.29 is 18.0 Å². The highest BCUT2D eigenvalue weighted by atomic mass is 19.4. The minimum Gasteiger partial charge on any atom is -0.342 e. The van der Waals surface area contributed by atoms with Crippen LogP contribution in [0.1, 0.15) is 26.7 Å². The fraction of sp³-hybridized carbons (Fsp3) is 0.900. The normalized spacial score (nSPS) is 11.9. The van der Waals surface area contributed by atoms with Gasteiger partial charge in [-0.05, 0) is 18.9 Å². The molecule has 0 unspecified atom stereocenters. The van der Waals surface area contributed by atoms with Crippen LogP contribution in [0.15, 0.2) is 0 Å². The first-order chi connectivity index (χ1) is 7.26. The van der Waals surface area contributed by atoms with Gasteiger partial charge in [0.25, 0.3) is 0 Å². The molecule has 0 aromatic heterocycles. The number of hydrogen-bond donors (Lipinski definition) is 1. The van der Waals surface area contributed by atoms with Crippen LogP contribution >= 0.6 is 0 Å². The van der Waals surface area contributed by atoms with Gasteiger partial charge < -0.3 is 10.6 Å². The van der Waals surface area contributed by atoms with Crippen LogP contribution in [0.25, 0.3) is 0 Å². The van der Waals surface area contributed by atoms with Gasteiger partial charge in [0.15, 0.2) is 0 Å². The largest absolute Gasteiger partial charge is 0.397 e. The van der Waals surface area contributed by atoms with Gasteiger partial charge >= 0.3 is 6.18 Å². The summed E-state index contributed by atoms with van der Waals surface area (Å²) in [7, 11) is 0. The van der Waals surface area contributed by atoms with Crippen LogP contribution in [0, 0.1) is 5.92 Å². The molecule has 0 radical (unpaired) electrons. The maximum Gasteiger partial charge on any atom is 0.397 e. The molecule has 0 saturated heterocycles. The lowest BCUT2D eigenvalue weighted by molar-refractivity contribution is -0.161. The van der Waals surface area contributed by atoms with Crippen LogP contribution in [0.2, 0.25) is 0 Å². The number of nitrogens with two attached hydrogens (primary N) is 1. The fourth-order valence-electron chi connectivity index (χ4n) is 1.32. The molecule has 16 heavy (non-hydrogen) atoms. The van der Waals surface area contributed by atoms with Crippen LogP contribution in [-0.2, 0) is 4.79 Å². The van der Waals surface area contributed by atoms with Gasteiger partial charge in [0, 0.05) is 13.1 Å². The predicted molar refractivity (Wildman–Crippen MR) is 55.8 cm³/mol. The van der Waals surface area contributed by atoms with Crippen LogP contribution in [0.5, 0.6) is 0 Å². The SMILES string of the molecule is CC(C)CN(CCCN)C(=O)CC(F)(F)F. The first-order valence-electron chi connectivity index (χ1n) is 5.31. The Bertz CT molecular complexity index is 217. The van der Waals surface area contributed by atoms with Gasteiger partial charge in [-0.15, -0.1) is 0 Å². The molecule has 0 spiro atoms. The highest BCUT2D eigenvalue weighted by Gasteiger charge is 2.33. The molecule has 0 bridgehead atoms. The molecule has 96 valence electrons. The van der Waals surface area contributed by atoms with E-state index in [-0.39, 0.29) is 5.92 Å². The zero-order valence-corrected chi connectivity index (χ0v) is 9.68. The monoisotopic (exact) mass is 240 g/mol. The van der Waals surface area contributed by atoms with Gasteiger partial charge in [-0.2, -0.15) is 13.2 Å². The Morgan fingerprint density at radius 1 is 1.38 bits per heavy atom. The molecule has 1 amide bonds. The van der Waals surface area contributed by atoms with E-state index in [0.29, 0.717) is 26.1 Å². The molecule has 0 heterocycles.